The first-order valence-corrected chi connectivity index (χ1v) is 6.83. The fraction of sp³-hybridized carbons (Fsp3) is 0.667. The molecule has 0 amide bonds. The first kappa shape index (κ1) is 13.3. The molecule has 1 aromatic heterocycles. The molecule has 0 saturated carbocycles. The van der Waals surface area contributed by atoms with Crippen LogP contribution in [0.2, 0.25) is 0 Å². The number of rotatable bonds is 3. The van der Waals surface area contributed by atoms with E-state index in [2.05, 4.69) is 38.8 Å². The molecule has 2 rings (SSSR count). The third-order valence-electron chi connectivity index (χ3n) is 3.40. The number of anilines is 1. The highest BCUT2D eigenvalue weighted by Crippen LogP contribution is 2.28. The molecule has 0 saturated heterocycles. The highest BCUT2D eigenvalue weighted by Gasteiger charge is 2.20. The van der Waals surface area contributed by atoms with Gasteiger partial charge in [-0.1, -0.05) is 20.8 Å². The van der Waals surface area contributed by atoms with Crippen molar-refractivity contribution in [2.45, 2.75) is 46.6 Å². The van der Waals surface area contributed by atoms with Gasteiger partial charge in [0.1, 0.15) is 5.82 Å². The lowest BCUT2D eigenvalue weighted by molar-refractivity contribution is 0.417. The minimum absolute atomic E-state index is 0.265. The van der Waals surface area contributed by atoms with E-state index < -0.39 is 0 Å². The van der Waals surface area contributed by atoms with Crippen LogP contribution in [0.5, 0.6) is 0 Å². The molecule has 0 spiro atoms. The first-order valence-electron chi connectivity index (χ1n) is 6.83. The van der Waals surface area contributed by atoms with E-state index in [-0.39, 0.29) is 5.41 Å². The zero-order valence-corrected chi connectivity index (χ0v) is 12.1. The standard InChI is InChI=1S/C15H25N3/c1-15(2,3)10-18(4)14-12(9-16)8-11-6-5-7-13(11)17-14/h8H,5-7,9-10,16H2,1-4H3. The Hall–Kier alpha value is -1.09. The summed E-state index contributed by atoms with van der Waals surface area (Å²) in [6.07, 6.45) is 3.52. The highest BCUT2D eigenvalue weighted by atomic mass is 15.2. The molecule has 1 heterocycles. The van der Waals surface area contributed by atoms with Crippen LogP contribution in [0.15, 0.2) is 6.07 Å². The van der Waals surface area contributed by atoms with E-state index in [1.807, 2.05) is 0 Å². The summed E-state index contributed by atoms with van der Waals surface area (Å²) in [6, 6.07) is 2.27. The van der Waals surface area contributed by atoms with Gasteiger partial charge < -0.3 is 10.6 Å². The molecule has 18 heavy (non-hydrogen) atoms. The van der Waals surface area contributed by atoms with Crippen molar-refractivity contribution >= 4 is 5.82 Å². The monoisotopic (exact) mass is 247 g/mol. The maximum absolute atomic E-state index is 5.88. The quantitative estimate of drug-likeness (QED) is 0.892. The van der Waals surface area contributed by atoms with E-state index in [4.69, 9.17) is 10.7 Å². The van der Waals surface area contributed by atoms with Gasteiger partial charge in [-0.05, 0) is 36.3 Å². The van der Waals surface area contributed by atoms with Crippen molar-refractivity contribution < 1.29 is 0 Å². The zero-order chi connectivity index (χ0) is 13.3. The summed E-state index contributed by atoms with van der Waals surface area (Å²) >= 11 is 0. The lowest BCUT2D eigenvalue weighted by Gasteiger charge is -2.29. The average molecular weight is 247 g/mol. The summed E-state index contributed by atoms with van der Waals surface area (Å²) in [5.41, 5.74) is 10.0. The number of aryl methyl sites for hydroxylation is 2. The van der Waals surface area contributed by atoms with Gasteiger partial charge in [0.05, 0.1) is 0 Å². The Bertz CT molecular complexity index is 432. The summed E-state index contributed by atoms with van der Waals surface area (Å²) in [4.78, 5) is 7.10. The highest BCUT2D eigenvalue weighted by molar-refractivity contribution is 5.50. The fourth-order valence-electron chi connectivity index (χ4n) is 2.78. The van der Waals surface area contributed by atoms with Crippen LogP contribution < -0.4 is 10.6 Å². The third-order valence-corrected chi connectivity index (χ3v) is 3.40. The molecule has 3 heteroatoms. The zero-order valence-electron chi connectivity index (χ0n) is 12.1. The van der Waals surface area contributed by atoms with Crippen LogP contribution in [0.25, 0.3) is 0 Å². The van der Waals surface area contributed by atoms with Crippen LogP contribution in [-0.4, -0.2) is 18.6 Å². The molecule has 1 aliphatic rings. The second-order valence-corrected chi connectivity index (χ2v) is 6.55. The lowest BCUT2D eigenvalue weighted by Crippen LogP contribution is -2.31. The molecule has 0 bridgehead atoms. The summed E-state index contributed by atoms with van der Waals surface area (Å²) < 4.78 is 0. The van der Waals surface area contributed by atoms with Crippen LogP contribution in [-0.2, 0) is 19.4 Å². The first-order chi connectivity index (χ1) is 8.40. The maximum Gasteiger partial charge on any atom is 0.133 e. The summed E-state index contributed by atoms with van der Waals surface area (Å²) in [5.74, 6) is 1.08. The van der Waals surface area contributed by atoms with Crippen molar-refractivity contribution in [2.75, 3.05) is 18.5 Å². The summed E-state index contributed by atoms with van der Waals surface area (Å²) in [6.45, 7) is 8.31. The van der Waals surface area contributed by atoms with Crippen LogP contribution in [0.1, 0.15) is 44.0 Å². The van der Waals surface area contributed by atoms with Crippen molar-refractivity contribution in [1.29, 1.82) is 0 Å². The number of fused-ring (bicyclic) bond motifs is 1. The Balaban J connectivity index is 2.31. The number of aromatic nitrogens is 1. The molecule has 3 nitrogen and oxygen atoms in total. The SMILES string of the molecule is CN(CC(C)(C)C)c1nc2c(cc1CN)CCC2. The minimum Gasteiger partial charge on any atom is -0.359 e. The lowest BCUT2D eigenvalue weighted by atomic mass is 9.96. The van der Waals surface area contributed by atoms with E-state index in [9.17, 15) is 0 Å². The van der Waals surface area contributed by atoms with Gasteiger partial charge in [0, 0.05) is 31.4 Å². The smallest absolute Gasteiger partial charge is 0.133 e. The number of nitrogens with zero attached hydrogens (tertiary/aromatic N) is 2. The molecule has 0 atom stereocenters. The van der Waals surface area contributed by atoms with Gasteiger partial charge in [-0.25, -0.2) is 4.98 Å². The maximum atomic E-state index is 5.88. The van der Waals surface area contributed by atoms with Crippen molar-refractivity contribution in [3.63, 3.8) is 0 Å². The Morgan fingerprint density at radius 2 is 2.06 bits per heavy atom. The molecule has 0 radical (unpaired) electrons. The van der Waals surface area contributed by atoms with E-state index in [0.29, 0.717) is 6.54 Å². The van der Waals surface area contributed by atoms with Gasteiger partial charge in [-0.15, -0.1) is 0 Å². The molecule has 0 fully saturated rings. The molecule has 0 aliphatic heterocycles. The summed E-state index contributed by atoms with van der Waals surface area (Å²) in [7, 11) is 2.12. The Labute approximate surface area is 110 Å². The van der Waals surface area contributed by atoms with E-state index in [1.165, 1.54) is 29.7 Å². The number of nitrogens with two attached hydrogens (primary N) is 1. The molecular weight excluding hydrogens is 222 g/mol. The van der Waals surface area contributed by atoms with Gasteiger partial charge >= 0.3 is 0 Å². The van der Waals surface area contributed by atoms with Gasteiger partial charge in [0.25, 0.3) is 0 Å². The topological polar surface area (TPSA) is 42.2 Å². The minimum atomic E-state index is 0.265. The third kappa shape index (κ3) is 2.83. The predicted octanol–water partition coefficient (Wildman–Crippen LogP) is 2.51. The molecule has 2 N–H and O–H groups in total. The normalized spacial score (nSPS) is 14.7. The van der Waals surface area contributed by atoms with Crippen molar-refractivity contribution in [3.8, 4) is 0 Å². The van der Waals surface area contributed by atoms with E-state index in [1.54, 1.807) is 0 Å². The number of pyridine rings is 1. The molecule has 0 unspecified atom stereocenters. The second-order valence-electron chi connectivity index (χ2n) is 6.55. The van der Waals surface area contributed by atoms with Gasteiger partial charge in [0.15, 0.2) is 0 Å². The van der Waals surface area contributed by atoms with Crippen LogP contribution in [0, 0.1) is 5.41 Å². The Morgan fingerprint density at radius 3 is 2.67 bits per heavy atom. The van der Waals surface area contributed by atoms with E-state index >= 15 is 0 Å². The van der Waals surface area contributed by atoms with Gasteiger partial charge in [-0.3, -0.25) is 0 Å². The van der Waals surface area contributed by atoms with Crippen LogP contribution >= 0.6 is 0 Å². The Morgan fingerprint density at radius 1 is 1.33 bits per heavy atom. The predicted molar refractivity (Wildman–Crippen MR) is 76.9 cm³/mol. The number of hydrogen-bond acceptors (Lipinski definition) is 3. The van der Waals surface area contributed by atoms with E-state index in [0.717, 1.165) is 18.8 Å². The molecule has 1 aliphatic carbocycles. The fourth-order valence-corrected chi connectivity index (χ4v) is 2.78. The molecule has 100 valence electrons. The molecule has 0 aromatic carbocycles. The van der Waals surface area contributed by atoms with Gasteiger partial charge in [0.2, 0.25) is 0 Å². The Kier molecular flexibility index (Phi) is 3.62. The number of hydrogen-bond donors (Lipinski definition) is 1. The summed E-state index contributed by atoms with van der Waals surface area (Å²) in [5, 5.41) is 0. The van der Waals surface area contributed by atoms with Gasteiger partial charge in [-0.2, -0.15) is 0 Å². The van der Waals surface area contributed by atoms with Crippen molar-refractivity contribution in [2.24, 2.45) is 11.1 Å². The second kappa shape index (κ2) is 4.88. The molecule has 1 aromatic rings. The van der Waals surface area contributed by atoms with Crippen molar-refractivity contribution in [1.82, 2.24) is 4.98 Å². The molecular formula is C15H25N3. The van der Waals surface area contributed by atoms with Crippen LogP contribution in [0.3, 0.4) is 0 Å². The van der Waals surface area contributed by atoms with Crippen molar-refractivity contribution in [3.05, 3.63) is 22.9 Å². The average Bonchev–Trinajstić information content (AvgIpc) is 2.71. The van der Waals surface area contributed by atoms with Crippen LogP contribution in [0.4, 0.5) is 5.82 Å². The largest absolute Gasteiger partial charge is 0.359 e.